The minimum atomic E-state index is -4.95. The summed E-state index contributed by atoms with van der Waals surface area (Å²) in [6, 6.07) is 4.93. The van der Waals surface area contributed by atoms with Gasteiger partial charge in [0.2, 0.25) is 5.91 Å². The van der Waals surface area contributed by atoms with Gasteiger partial charge in [-0.3, -0.25) is 9.59 Å². The second kappa shape index (κ2) is 7.94. The Kier molecular flexibility index (Phi) is 6.12. The lowest BCUT2D eigenvalue weighted by Crippen LogP contribution is -2.40. The van der Waals surface area contributed by atoms with E-state index in [9.17, 15) is 27.9 Å². The third-order valence-corrected chi connectivity index (χ3v) is 3.76. The van der Waals surface area contributed by atoms with Crippen LogP contribution in [0.4, 0.5) is 13.2 Å². The van der Waals surface area contributed by atoms with E-state index < -0.39 is 24.1 Å². The molecule has 1 aromatic rings. The van der Waals surface area contributed by atoms with Gasteiger partial charge >= 0.3 is 6.36 Å². The van der Waals surface area contributed by atoms with E-state index in [0.717, 1.165) is 11.0 Å². The summed E-state index contributed by atoms with van der Waals surface area (Å²) in [5.74, 6) is -1.63. The summed E-state index contributed by atoms with van der Waals surface area (Å²) < 4.78 is 41.5. The van der Waals surface area contributed by atoms with E-state index in [1.54, 1.807) is 0 Å². The zero-order valence-corrected chi connectivity index (χ0v) is 14.5. The van der Waals surface area contributed by atoms with Crippen LogP contribution in [0.2, 0.25) is 0 Å². The topological polar surface area (TPSA) is 70.1 Å². The predicted molar refractivity (Wildman–Crippen MR) is 86.5 cm³/mol. The molecule has 0 bridgehead atoms. The molecule has 0 aromatic heterocycles. The fourth-order valence-corrected chi connectivity index (χ4v) is 2.80. The SMILES string of the molecule is CC(C)CN1CC(O)CN(C(=O)c2ccccc2OC(F)(F)F)CC1=O. The van der Waals surface area contributed by atoms with E-state index in [2.05, 4.69) is 4.74 Å². The molecule has 0 radical (unpaired) electrons. The van der Waals surface area contributed by atoms with Crippen LogP contribution in [0, 0.1) is 5.92 Å². The van der Waals surface area contributed by atoms with Crippen molar-refractivity contribution in [3.8, 4) is 5.75 Å². The monoisotopic (exact) mass is 374 g/mol. The molecular weight excluding hydrogens is 353 g/mol. The summed E-state index contributed by atoms with van der Waals surface area (Å²) in [4.78, 5) is 27.5. The van der Waals surface area contributed by atoms with Gasteiger partial charge in [0.1, 0.15) is 12.3 Å². The first-order valence-electron chi connectivity index (χ1n) is 8.16. The van der Waals surface area contributed by atoms with Crippen LogP contribution in [0.25, 0.3) is 0 Å². The number of halogens is 3. The number of rotatable bonds is 4. The van der Waals surface area contributed by atoms with Crippen molar-refractivity contribution >= 4 is 11.8 Å². The highest BCUT2D eigenvalue weighted by Gasteiger charge is 2.35. The molecule has 1 saturated heterocycles. The standard InChI is InChI=1S/C17H21F3N2O4/c1-11(2)7-21-8-12(23)9-22(10-15(21)24)16(25)13-5-3-4-6-14(13)26-17(18,19)20/h3-6,11-12,23H,7-10H2,1-2H3. The summed E-state index contributed by atoms with van der Waals surface area (Å²) in [6.07, 6.45) is -5.93. The lowest BCUT2D eigenvalue weighted by molar-refractivity contribution is -0.274. The van der Waals surface area contributed by atoms with Gasteiger partial charge in [-0.05, 0) is 18.1 Å². The fraction of sp³-hybridized carbons (Fsp3) is 0.529. The number of ether oxygens (including phenoxy) is 1. The van der Waals surface area contributed by atoms with E-state index in [1.165, 1.54) is 23.1 Å². The molecule has 2 rings (SSSR count). The quantitative estimate of drug-likeness (QED) is 0.874. The maximum atomic E-state index is 12.7. The van der Waals surface area contributed by atoms with E-state index in [1.807, 2.05) is 13.8 Å². The van der Waals surface area contributed by atoms with Crippen LogP contribution >= 0.6 is 0 Å². The number of alkyl halides is 3. The number of para-hydroxylation sites is 1. The van der Waals surface area contributed by atoms with Gasteiger partial charge in [-0.15, -0.1) is 13.2 Å². The molecule has 1 fully saturated rings. The van der Waals surface area contributed by atoms with Gasteiger partial charge in [0, 0.05) is 19.6 Å². The van der Waals surface area contributed by atoms with Crippen molar-refractivity contribution in [1.82, 2.24) is 9.80 Å². The van der Waals surface area contributed by atoms with Gasteiger partial charge in [-0.2, -0.15) is 0 Å². The molecule has 1 unspecified atom stereocenters. The van der Waals surface area contributed by atoms with Crippen LogP contribution in [0.1, 0.15) is 24.2 Å². The highest BCUT2D eigenvalue weighted by Crippen LogP contribution is 2.27. The molecule has 144 valence electrons. The molecule has 2 amide bonds. The lowest BCUT2D eigenvalue weighted by atomic mass is 10.1. The minimum Gasteiger partial charge on any atom is -0.405 e. The largest absolute Gasteiger partial charge is 0.573 e. The smallest absolute Gasteiger partial charge is 0.405 e. The van der Waals surface area contributed by atoms with Gasteiger partial charge in [0.15, 0.2) is 0 Å². The summed E-state index contributed by atoms with van der Waals surface area (Å²) in [7, 11) is 0. The van der Waals surface area contributed by atoms with Crippen molar-refractivity contribution in [3.63, 3.8) is 0 Å². The van der Waals surface area contributed by atoms with E-state index in [4.69, 9.17) is 0 Å². The highest BCUT2D eigenvalue weighted by atomic mass is 19.4. The van der Waals surface area contributed by atoms with Gasteiger partial charge in [0.05, 0.1) is 11.7 Å². The first kappa shape index (κ1) is 20.0. The van der Waals surface area contributed by atoms with E-state index in [-0.39, 0.29) is 37.0 Å². The molecule has 0 spiro atoms. The number of hydrogen-bond donors (Lipinski definition) is 1. The molecule has 1 N–H and O–H groups in total. The summed E-state index contributed by atoms with van der Waals surface area (Å²) in [6.45, 7) is 3.85. The lowest BCUT2D eigenvalue weighted by Gasteiger charge is -2.23. The number of carbonyl (C=O) groups excluding carboxylic acids is 2. The summed E-state index contributed by atoms with van der Waals surface area (Å²) in [5.41, 5.74) is -0.317. The van der Waals surface area contributed by atoms with Gasteiger partial charge in [-0.25, -0.2) is 0 Å². The predicted octanol–water partition coefficient (Wildman–Crippen LogP) is 1.89. The van der Waals surface area contributed by atoms with Gasteiger partial charge in [0.25, 0.3) is 5.91 Å². The summed E-state index contributed by atoms with van der Waals surface area (Å²) >= 11 is 0. The van der Waals surface area contributed by atoms with Crippen LogP contribution in [0.5, 0.6) is 5.75 Å². The zero-order chi connectivity index (χ0) is 19.5. The van der Waals surface area contributed by atoms with Crippen molar-refractivity contribution in [1.29, 1.82) is 0 Å². The maximum absolute atomic E-state index is 12.7. The van der Waals surface area contributed by atoms with Crippen LogP contribution in [0.15, 0.2) is 24.3 Å². The Morgan fingerprint density at radius 2 is 1.96 bits per heavy atom. The number of nitrogens with zero attached hydrogens (tertiary/aromatic N) is 2. The Morgan fingerprint density at radius 1 is 1.31 bits per heavy atom. The maximum Gasteiger partial charge on any atom is 0.573 e. The average molecular weight is 374 g/mol. The van der Waals surface area contributed by atoms with Crippen LogP contribution < -0.4 is 4.74 Å². The zero-order valence-electron chi connectivity index (χ0n) is 14.5. The molecule has 1 aromatic carbocycles. The number of β-amino-alcohol motifs (C(OH)–C–C–N with tert-alkyl or cyclic N) is 1. The number of aliphatic hydroxyl groups is 1. The van der Waals surface area contributed by atoms with Gasteiger partial charge < -0.3 is 19.6 Å². The molecule has 1 aliphatic rings. The van der Waals surface area contributed by atoms with Crippen LogP contribution in [-0.4, -0.2) is 65.4 Å². The second-order valence-corrected chi connectivity index (χ2v) is 6.58. The third kappa shape index (κ3) is 5.35. The number of hydrogen-bond acceptors (Lipinski definition) is 4. The molecule has 1 heterocycles. The molecule has 1 atom stereocenters. The average Bonchev–Trinajstić information content (AvgIpc) is 2.64. The molecular formula is C17H21F3N2O4. The Balaban J connectivity index is 2.23. The molecule has 26 heavy (non-hydrogen) atoms. The van der Waals surface area contributed by atoms with E-state index in [0.29, 0.717) is 6.54 Å². The number of carbonyl (C=O) groups is 2. The molecule has 1 aliphatic heterocycles. The number of benzene rings is 1. The number of aliphatic hydroxyl groups excluding tert-OH is 1. The van der Waals surface area contributed by atoms with E-state index >= 15 is 0 Å². The fourth-order valence-electron chi connectivity index (χ4n) is 2.80. The van der Waals surface area contributed by atoms with Crippen LogP contribution in [0.3, 0.4) is 0 Å². The third-order valence-electron chi connectivity index (χ3n) is 3.76. The second-order valence-electron chi connectivity index (χ2n) is 6.58. The first-order chi connectivity index (χ1) is 12.1. The molecule has 6 nitrogen and oxygen atoms in total. The normalized spacial score (nSPS) is 18.9. The number of amides is 2. The highest BCUT2D eigenvalue weighted by molar-refractivity contribution is 5.99. The first-order valence-corrected chi connectivity index (χ1v) is 8.16. The van der Waals surface area contributed by atoms with Crippen LogP contribution in [-0.2, 0) is 4.79 Å². The molecule has 9 heteroatoms. The molecule has 0 saturated carbocycles. The van der Waals surface area contributed by atoms with Crippen molar-refractivity contribution < 1.29 is 32.6 Å². The minimum absolute atomic E-state index is 0.0709. The Bertz CT molecular complexity index is 664. The van der Waals surface area contributed by atoms with Gasteiger partial charge in [-0.1, -0.05) is 26.0 Å². The molecule has 0 aliphatic carbocycles. The van der Waals surface area contributed by atoms with Crippen molar-refractivity contribution in [2.24, 2.45) is 5.92 Å². The Morgan fingerprint density at radius 3 is 2.58 bits per heavy atom. The summed E-state index contributed by atoms with van der Waals surface area (Å²) in [5, 5.41) is 10.1. The van der Waals surface area contributed by atoms with Crippen molar-refractivity contribution in [2.45, 2.75) is 26.3 Å². The Hall–Kier alpha value is -2.29. The van der Waals surface area contributed by atoms with Crippen molar-refractivity contribution in [3.05, 3.63) is 29.8 Å². The van der Waals surface area contributed by atoms with Crippen molar-refractivity contribution in [2.75, 3.05) is 26.2 Å². The Labute approximate surface area is 149 Å².